The number of hydrogen-bond acceptors (Lipinski definition) is 4. The molecule has 0 aliphatic carbocycles. The zero-order chi connectivity index (χ0) is 10.7. The Balaban J connectivity index is 2.29. The fraction of sp³-hybridized carbons (Fsp3) is 0.300. The third-order valence-corrected chi connectivity index (χ3v) is 2.30. The van der Waals surface area contributed by atoms with Gasteiger partial charge in [-0.25, -0.2) is 0 Å². The molecular weight excluding hydrogens is 192 g/mol. The molecule has 0 atom stereocenters. The van der Waals surface area contributed by atoms with E-state index in [4.69, 9.17) is 5.26 Å². The molecule has 2 rings (SSSR count). The number of amides is 1. The topological polar surface area (TPSA) is 69.0 Å². The quantitative estimate of drug-likeness (QED) is 0.689. The molecule has 2 heterocycles. The van der Waals surface area contributed by atoms with Gasteiger partial charge in [0.1, 0.15) is 6.07 Å². The highest BCUT2D eigenvalue weighted by Gasteiger charge is 2.18. The molecule has 5 heteroatoms. The van der Waals surface area contributed by atoms with Crippen LogP contribution < -0.4 is 10.2 Å². The van der Waals surface area contributed by atoms with Gasteiger partial charge in [0, 0.05) is 19.3 Å². The molecule has 0 aromatic carbocycles. The van der Waals surface area contributed by atoms with E-state index in [0.717, 1.165) is 5.69 Å². The van der Waals surface area contributed by atoms with Crippen LogP contribution >= 0.6 is 0 Å². The van der Waals surface area contributed by atoms with Gasteiger partial charge in [-0.1, -0.05) is 0 Å². The van der Waals surface area contributed by atoms with E-state index in [1.165, 1.54) is 0 Å². The summed E-state index contributed by atoms with van der Waals surface area (Å²) in [7, 11) is 0. The van der Waals surface area contributed by atoms with E-state index in [0.29, 0.717) is 25.2 Å². The van der Waals surface area contributed by atoms with E-state index in [9.17, 15) is 4.79 Å². The lowest BCUT2D eigenvalue weighted by molar-refractivity contribution is -0.120. The maximum absolute atomic E-state index is 11.2. The van der Waals surface area contributed by atoms with Crippen molar-refractivity contribution in [3.63, 3.8) is 0 Å². The van der Waals surface area contributed by atoms with E-state index < -0.39 is 0 Å². The Hall–Kier alpha value is -2.09. The second kappa shape index (κ2) is 3.96. The summed E-state index contributed by atoms with van der Waals surface area (Å²) in [6.45, 7) is 1.62. The molecule has 0 saturated carbocycles. The van der Waals surface area contributed by atoms with E-state index in [-0.39, 0.29) is 5.91 Å². The largest absolute Gasteiger partial charge is 0.358 e. The lowest BCUT2D eigenvalue weighted by Crippen LogP contribution is -2.48. The zero-order valence-corrected chi connectivity index (χ0v) is 8.10. The molecule has 76 valence electrons. The fourth-order valence-corrected chi connectivity index (χ4v) is 1.58. The highest BCUT2D eigenvalue weighted by Crippen LogP contribution is 2.18. The summed E-state index contributed by atoms with van der Waals surface area (Å²) in [6.07, 6.45) is 3.20. The van der Waals surface area contributed by atoms with Gasteiger partial charge in [-0.2, -0.15) is 5.26 Å². The van der Waals surface area contributed by atoms with E-state index >= 15 is 0 Å². The minimum Gasteiger partial charge on any atom is -0.358 e. The van der Waals surface area contributed by atoms with Crippen molar-refractivity contribution in [3.05, 3.63) is 24.0 Å². The number of carbonyl (C=O) groups excluding carboxylic acids is 1. The summed E-state index contributed by atoms with van der Waals surface area (Å²) in [4.78, 5) is 17.0. The number of piperazine rings is 1. The number of carbonyl (C=O) groups is 1. The number of nitrogens with one attached hydrogen (secondary N) is 1. The number of nitrogens with zero attached hydrogens (tertiary/aromatic N) is 3. The fourth-order valence-electron chi connectivity index (χ4n) is 1.58. The first-order chi connectivity index (χ1) is 7.31. The van der Waals surface area contributed by atoms with Crippen LogP contribution in [0, 0.1) is 11.3 Å². The molecule has 1 fully saturated rings. The summed E-state index contributed by atoms with van der Waals surface area (Å²) in [5.41, 5.74) is 1.29. The molecule has 0 radical (unpaired) electrons. The first-order valence-electron chi connectivity index (χ1n) is 4.67. The summed E-state index contributed by atoms with van der Waals surface area (Å²) in [5.74, 6) is -0.0195. The molecule has 1 aromatic heterocycles. The van der Waals surface area contributed by atoms with Gasteiger partial charge >= 0.3 is 0 Å². The Bertz CT molecular complexity index is 424. The van der Waals surface area contributed by atoms with E-state index in [1.54, 1.807) is 18.5 Å². The maximum atomic E-state index is 11.2. The van der Waals surface area contributed by atoms with Gasteiger partial charge in [-0.05, 0) is 6.07 Å². The Morgan fingerprint density at radius 3 is 3.20 bits per heavy atom. The second-order valence-electron chi connectivity index (χ2n) is 3.28. The molecule has 0 spiro atoms. The van der Waals surface area contributed by atoms with Crippen LogP contribution in [0.4, 0.5) is 5.69 Å². The van der Waals surface area contributed by atoms with Gasteiger partial charge in [0.25, 0.3) is 0 Å². The first-order valence-corrected chi connectivity index (χ1v) is 4.67. The molecule has 1 aromatic rings. The van der Waals surface area contributed by atoms with Gasteiger partial charge in [-0.15, -0.1) is 0 Å². The van der Waals surface area contributed by atoms with Crippen molar-refractivity contribution in [2.45, 2.75) is 0 Å². The van der Waals surface area contributed by atoms with Crippen LogP contribution in [0.25, 0.3) is 0 Å². The van der Waals surface area contributed by atoms with Crippen molar-refractivity contribution in [2.24, 2.45) is 0 Å². The van der Waals surface area contributed by atoms with Gasteiger partial charge in [0.2, 0.25) is 5.91 Å². The van der Waals surface area contributed by atoms with Crippen LogP contribution in [0.1, 0.15) is 5.56 Å². The smallest absolute Gasteiger partial charge is 0.239 e. The average Bonchev–Trinajstić information content (AvgIpc) is 2.29. The highest BCUT2D eigenvalue weighted by molar-refractivity contribution is 5.83. The Kier molecular flexibility index (Phi) is 2.50. The molecule has 5 nitrogen and oxygen atoms in total. The van der Waals surface area contributed by atoms with Crippen molar-refractivity contribution < 1.29 is 4.79 Å². The predicted octanol–water partition coefficient (Wildman–Crippen LogP) is -0.111. The summed E-state index contributed by atoms with van der Waals surface area (Å²) >= 11 is 0. The van der Waals surface area contributed by atoms with Crippen LogP contribution in [-0.2, 0) is 4.79 Å². The van der Waals surface area contributed by atoms with Crippen LogP contribution in [0.15, 0.2) is 18.5 Å². The van der Waals surface area contributed by atoms with E-state index in [1.807, 2.05) is 4.90 Å². The van der Waals surface area contributed by atoms with E-state index in [2.05, 4.69) is 16.4 Å². The minimum absolute atomic E-state index is 0.0195. The molecule has 0 bridgehead atoms. The molecular formula is C10H10N4O. The van der Waals surface area contributed by atoms with Crippen molar-refractivity contribution in [2.75, 3.05) is 24.5 Å². The number of aromatic nitrogens is 1. The Morgan fingerprint density at radius 1 is 1.60 bits per heavy atom. The third-order valence-electron chi connectivity index (χ3n) is 2.30. The van der Waals surface area contributed by atoms with Crippen LogP contribution in [0.3, 0.4) is 0 Å². The van der Waals surface area contributed by atoms with Crippen molar-refractivity contribution in [1.29, 1.82) is 5.26 Å². The lowest BCUT2D eigenvalue weighted by atomic mass is 10.2. The lowest BCUT2D eigenvalue weighted by Gasteiger charge is -2.28. The number of nitriles is 1. The summed E-state index contributed by atoms with van der Waals surface area (Å²) in [6, 6.07) is 3.75. The number of rotatable bonds is 1. The van der Waals surface area contributed by atoms with Crippen LogP contribution in [0.5, 0.6) is 0 Å². The Morgan fingerprint density at radius 2 is 2.47 bits per heavy atom. The molecule has 1 aliphatic rings. The minimum atomic E-state index is -0.0195. The second-order valence-corrected chi connectivity index (χ2v) is 3.28. The van der Waals surface area contributed by atoms with Gasteiger partial charge in [0.05, 0.1) is 24.0 Å². The monoisotopic (exact) mass is 202 g/mol. The van der Waals surface area contributed by atoms with Gasteiger partial charge < -0.3 is 10.2 Å². The number of pyridine rings is 1. The molecule has 1 N–H and O–H groups in total. The molecule has 1 saturated heterocycles. The summed E-state index contributed by atoms with van der Waals surface area (Å²) < 4.78 is 0. The molecule has 1 amide bonds. The van der Waals surface area contributed by atoms with Gasteiger partial charge in [-0.3, -0.25) is 9.78 Å². The van der Waals surface area contributed by atoms with Crippen molar-refractivity contribution in [3.8, 4) is 6.07 Å². The summed E-state index contributed by atoms with van der Waals surface area (Å²) in [5, 5.41) is 11.6. The normalized spacial score (nSPS) is 15.7. The molecule has 1 aliphatic heterocycles. The van der Waals surface area contributed by atoms with Crippen LogP contribution in [-0.4, -0.2) is 30.5 Å². The maximum Gasteiger partial charge on any atom is 0.239 e. The van der Waals surface area contributed by atoms with Crippen molar-refractivity contribution >= 4 is 11.6 Å². The number of hydrogen-bond donors (Lipinski definition) is 1. The standard InChI is InChI=1S/C10H10N4O/c11-5-8-1-2-12-6-9(8)14-4-3-13-10(15)7-14/h1-2,6H,3-4,7H2,(H,13,15). The number of anilines is 1. The predicted molar refractivity (Wildman–Crippen MR) is 54.2 cm³/mol. The Labute approximate surface area is 87.3 Å². The van der Waals surface area contributed by atoms with Crippen molar-refractivity contribution in [1.82, 2.24) is 10.3 Å². The zero-order valence-electron chi connectivity index (χ0n) is 8.10. The highest BCUT2D eigenvalue weighted by atomic mass is 16.2. The first kappa shape index (κ1) is 9.46. The van der Waals surface area contributed by atoms with Gasteiger partial charge in [0.15, 0.2) is 0 Å². The van der Waals surface area contributed by atoms with Crippen LogP contribution in [0.2, 0.25) is 0 Å². The molecule has 15 heavy (non-hydrogen) atoms. The molecule has 0 unspecified atom stereocenters. The third kappa shape index (κ3) is 1.89. The average molecular weight is 202 g/mol. The SMILES string of the molecule is N#Cc1ccncc1N1CCNC(=O)C1.